The monoisotopic (exact) mass is 383 g/mol. The number of aryl methyl sites for hydroxylation is 1. The van der Waals surface area contributed by atoms with Crippen molar-refractivity contribution in [1.29, 1.82) is 0 Å². The summed E-state index contributed by atoms with van der Waals surface area (Å²) in [5.74, 6) is 1.25. The van der Waals surface area contributed by atoms with Crippen LogP contribution in [0.2, 0.25) is 5.02 Å². The van der Waals surface area contributed by atoms with E-state index < -0.39 is 0 Å². The number of hydrogen-bond donors (Lipinski definition) is 0. The van der Waals surface area contributed by atoms with Crippen LogP contribution in [0.25, 0.3) is 16.7 Å². The molecule has 7 nitrogen and oxygen atoms in total. The molecule has 0 saturated carbocycles. The minimum absolute atomic E-state index is 0.278. The van der Waals surface area contributed by atoms with Gasteiger partial charge in [-0.1, -0.05) is 11.6 Å². The number of nitrogens with zero attached hydrogens (tertiary/aromatic N) is 5. The van der Waals surface area contributed by atoms with Gasteiger partial charge in [-0.2, -0.15) is 0 Å². The zero-order valence-corrected chi connectivity index (χ0v) is 14.3. The highest BCUT2D eigenvalue weighted by Gasteiger charge is 2.19. The second kappa shape index (κ2) is 5.69. The summed E-state index contributed by atoms with van der Waals surface area (Å²) in [7, 11) is 3.01. The highest BCUT2D eigenvalue weighted by molar-refractivity contribution is 9.10. The van der Waals surface area contributed by atoms with E-state index in [1.54, 1.807) is 16.7 Å². The SMILES string of the molecule is COc1nc2ccc(Cl)c(-n3c(C)nnc3Br)c2nc1OC. The Balaban J connectivity index is 2.41. The molecule has 0 fully saturated rings. The lowest BCUT2D eigenvalue weighted by molar-refractivity contribution is 0.334. The second-order valence-corrected chi connectivity index (χ2v) is 5.47. The van der Waals surface area contributed by atoms with Crippen LogP contribution < -0.4 is 9.47 Å². The van der Waals surface area contributed by atoms with Crippen LogP contribution in [0.5, 0.6) is 11.8 Å². The smallest absolute Gasteiger partial charge is 0.278 e. The molecule has 0 atom stereocenters. The normalized spacial score (nSPS) is 11.0. The van der Waals surface area contributed by atoms with Crippen molar-refractivity contribution < 1.29 is 9.47 Å². The number of rotatable bonds is 3. The third-order valence-electron chi connectivity index (χ3n) is 3.09. The van der Waals surface area contributed by atoms with Gasteiger partial charge in [-0.15, -0.1) is 10.2 Å². The van der Waals surface area contributed by atoms with Gasteiger partial charge in [-0.25, -0.2) is 9.97 Å². The van der Waals surface area contributed by atoms with E-state index in [0.717, 1.165) is 0 Å². The van der Waals surface area contributed by atoms with Crippen LogP contribution in [-0.4, -0.2) is 39.0 Å². The first-order chi connectivity index (χ1) is 10.6. The molecule has 0 saturated heterocycles. The minimum atomic E-state index is 0.278. The fraction of sp³-hybridized carbons (Fsp3) is 0.231. The van der Waals surface area contributed by atoms with Crippen LogP contribution in [0.1, 0.15) is 5.82 Å². The Morgan fingerprint density at radius 1 is 1.09 bits per heavy atom. The molecule has 0 aliphatic rings. The molecule has 0 aliphatic heterocycles. The van der Waals surface area contributed by atoms with Crippen molar-refractivity contribution in [2.75, 3.05) is 14.2 Å². The number of fused-ring (bicyclic) bond motifs is 1. The standard InChI is InChI=1S/C13H11BrClN5O2/c1-6-18-19-13(14)20(6)10-7(15)4-5-8-9(10)17-12(22-3)11(16-8)21-2/h4-5H,1-3H3. The van der Waals surface area contributed by atoms with Gasteiger partial charge in [0.25, 0.3) is 11.8 Å². The van der Waals surface area contributed by atoms with Crippen molar-refractivity contribution in [2.24, 2.45) is 0 Å². The van der Waals surface area contributed by atoms with Gasteiger partial charge in [-0.05, 0) is 35.0 Å². The van der Waals surface area contributed by atoms with Crippen molar-refractivity contribution in [3.63, 3.8) is 0 Å². The third kappa shape index (κ3) is 2.28. The second-order valence-electron chi connectivity index (χ2n) is 4.36. The Morgan fingerprint density at radius 2 is 1.77 bits per heavy atom. The fourth-order valence-corrected chi connectivity index (χ4v) is 2.87. The predicted octanol–water partition coefficient (Wildman–Crippen LogP) is 2.95. The zero-order valence-electron chi connectivity index (χ0n) is 12.0. The van der Waals surface area contributed by atoms with Crippen LogP contribution >= 0.6 is 27.5 Å². The van der Waals surface area contributed by atoms with Gasteiger partial charge in [0.1, 0.15) is 11.3 Å². The lowest BCUT2D eigenvalue weighted by Gasteiger charge is -2.13. The zero-order chi connectivity index (χ0) is 15.9. The molecule has 22 heavy (non-hydrogen) atoms. The highest BCUT2D eigenvalue weighted by Crippen LogP contribution is 2.34. The molecule has 3 rings (SSSR count). The molecule has 2 heterocycles. The molecule has 0 N–H and O–H groups in total. The molecule has 0 bridgehead atoms. The first-order valence-electron chi connectivity index (χ1n) is 6.23. The topological polar surface area (TPSA) is 75.0 Å². The summed E-state index contributed by atoms with van der Waals surface area (Å²) >= 11 is 9.73. The molecular formula is C13H11BrClN5O2. The van der Waals surface area contributed by atoms with Gasteiger partial charge in [0.15, 0.2) is 0 Å². The summed E-state index contributed by atoms with van der Waals surface area (Å²) in [6, 6.07) is 3.51. The van der Waals surface area contributed by atoms with Crippen molar-refractivity contribution >= 4 is 38.6 Å². The maximum absolute atomic E-state index is 6.37. The molecule has 1 aromatic carbocycles. The molecule has 0 radical (unpaired) electrons. The maximum atomic E-state index is 6.37. The first kappa shape index (κ1) is 15.0. The van der Waals surface area contributed by atoms with E-state index >= 15 is 0 Å². The highest BCUT2D eigenvalue weighted by atomic mass is 79.9. The quantitative estimate of drug-likeness (QED) is 0.691. The molecule has 3 aromatic rings. The van der Waals surface area contributed by atoms with Crippen LogP contribution in [0, 0.1) is 6.92 Å². The van der Waals surface area contributed by atoms with Crippen LogP contribution in [0.4, 0.5) is 0 Å². The summed E-state index contributed by atoms with van der Waals surface area (Å²) in [4.78, 5) is 8.87. The Bertz CT molecular complexity index is 848. The Kier molecular flexibility index (Phi) is 3.88. The third-order valence-corrected chi connectivity index (χ3v) is 3.91. The Labute approximate surface area is 139 Å². The van der Waals surface area contributed by atoms with E-state index in [9.17, 15) is 0 Å². The number of aromatic nitrogens is 5. The fourth-order valence-electron chi connectivity index (χ4n) is 2.12. The first-order valence-corrected chi connectivity index (χ1v) is 7.40. The van der Waals surface area contributed by atoms with Crippen LogP contribution in [0.15, 0.2) is 16.9 Å². The summed E-state index contributed by atoms with van der Waals surface area (Å²) < 4.78 is 12.7. The van der Waals surface area contributed by atoms with Gasteiger partial charge in [0.05, 0.1) is 30.4 Å². The summed E-state index contributed by atoms with van der Waals surface area (Å²) in [5, 5.41) is 8.50. The van der Waals surface area contributed by atoms with Gasteiger partial charge < -0.3 is 9.47 Å². The number of benzene rings is 1. The van der Waals surface area contributed by atoms with Gasteiger partial charge >= 0.3 is 0 Å². The van der Waals surface area contributed by atoms with Crippen molar-refractivity contribution in [2.45, 2.75) is 6.92 Å². The average Bonchev–Trinajstić information content (AvgIpc) is 2.85. The van der Waals surface area contributed by atoms with Gasteiger partial charge in [0, 0.05) is 0 Å². The van der Waals surface area contributed by atoms with Crippen molar-refractivity contribution in [3.05, 3.63) is 27.7 Å². The molecule has 9 heteroatoms. The van der Waals surface area contributed by atoms with Crippen molar-refractivity contribution in [1.82, 2.24) is 24.7 Å². The van der Waals surface area contributed by atoms with E-state index in [1.807, 2.05) is 6.92 Å². The largest absolute Gasteiger partial charge is 0.477 e. The average molecular weight is 385 g/mol. The van der Waals surface area contributed by atoms with Gasteiger partial charge in [0.2, 0.25) is 4.73 Å². The van der Waals surface area contributed by atoms with Crippen molar-refractivity contribution in [3.8, 4) is 17.4 Å². The molecule has 114 valence electrons. The lowest BCUT2D eigenvalue weighted by atomic mass is 10.2. The van der Waals surface area contributed by atoms with Crippen LogP contribution in [0.3, 0.4) is 0 Å². The Hall–Kier alpha value is -1.93. The number of halogens is 2. The molecule has 0 amide bonds. The van der Waals surface area contributed by atoms with E-state index in [4.69, 9.17) is 21.1 Å². The summed E-state index contributed by atoms with van der Waals surface area (Å²) in [5.41, 5.74) is 1.81. The van der Waals surface area contributed by atoms with E-state index in [2.05, 4.69) is 36.1 Å². The van der Waals surface area contributed by atoms with E-state index in [0.29, 0.717) is 38.2 Å². The summed E-state index contributed by atoms with van der Waals surface area (Å²) in [6.45, 7) is 1.82. The van der Waals surface area contributed by atoms with Crippen LogP contribution in [-0.2, 0) is 0 Å². The lowest BCUT2D eigenvalue weighted by Crippen LogP contribution is -2.04. The molecular weight excluding hydrogens is 374 g/mol. The number of hydrogen-bond acceptors (Lipinski definition) is 6. The molecule has 0 aliphatic carbocycles. The minimum Gasteiger partial charge on any atom is -0.477 e. The Morgan fingerprint density at radius 3 is 2.36 bits per heavy atom. The molecule has 0 unspecified atom stereocenters. The van der Waals surface area contributed by atoms with Gasteiger partial charge in [-0.3, -0.25) is 4.57 Å². The maximum Gasteiger partial charge on any atom is 0.278 e. The number of methoxy groups -OCH3 is 2. The summed E-state index contributed by atoms with van der Waals surface area (Å²) in [6.07, 6.45) is 0. The molecule has 2 aromatic heterocycles. The van der Waals surface area contributed by atoms with E-state index in [-0.39, 0.29) is 5.88 Å². The predicted molar refractivity (Wildman–Crippen MR) is 85.0 cm³/mol. The number of ether oxygens (including phenoxy) is 2. The van der Waals surface area contributed by atoms with E-state index in [1.165, 1.54) is 14.2 Å². The molecule has 0 spiro atoms.